The lowest BCUT2D eigenvalue weighted by atomic mass is 9.98. The van der Waals surface area contributed by atoms with E-state index in [0.29, 0.717) is 0 Å². The van der Waals surface area contributed by atoms with Gasteiger partial charge in [-0.25, -0.2) is 0 Å². The van der Waals surface area contributed by atoms with Gasteiger partial charge in [0, 0.05) is 0 Å². The predicted octanol–water partition coefficient (Wildman–Crippen LogP) is 3.58. The molecule has 2 nitrogen and oxygen atoms in total. The van der Waals surface area contributed by atoms with Crippen molar-refractivity contribution in [1.82, 2.24) is 0 Å². The molecule has 0 fully saturated rings. The second-order valence-corrected chi connectivity index (χ2v) is 11.1. The lowest BCUT2D eigenvalue weighted by Crippen LogP contribution is -2.45. The first-order valence-corrected chi connectivity index (χ1v) is 8.02. The van der Waals surface area contributed by atoms with Crippen LogP contribution in [-0.2, 0) is 9.22 Å². The molecule has 0 N–H and O–H groups in total. The fourth-order valence-electron chi connectivity index (χ4n) is 0.538. The van der Waals surface area contributed by atoms with Gasteiger partial charge in [-0.2, -0.15) is 0 Å². The summed E-state index contributed by atoms with van der Waals surface area (Å²) in [6.07, 6.45) is 0. The Morgan fingerprint density at radius 2 is 1.36 bits per heavy atom. The summed E-state index contributed by atoms with van der Waals surface area (Å²) in [4.78, 5) is 11.7. The van der Waals surface area contributed by atoms with Gasteiger partial charge < -0.3 is 4.43 Å². The molecule has 0 aliphatic heterocycles. The number of rotatable bonds is 1. The van der Waals surface area contributed by atoms with Gasteiger partial charge in [0.15, 0.2) is 0 Å². The first-order valence-electron chi connectivity index (χ1n) is 5.11. The zero-order chi connectivity index (χ0) is 11.8. The van der Waals surface area contributed by atoms with Gasteiger partial charge in [-0.15, -0.1) is 0 Å². The highest BCUT2D eigenvalue weighted by molar-refractivity contribution is 6.75. The first kappa shape index (κ1) is 13.7. The van der Waals surface area contributed by atoms with E-state index in [1.165, 1.54) is 0 Å². The molecule has 0 bridgehead atoms. The number of carbonyl (C=O) groups excluding carboxylic acids is 1. The van der Waals surface area contributed by atoms with Gasteiger partial charge in [0.1, 0.15) is 0 Å². The van der Waals surface area contributed by atoms with Crippen LogP contribution >= 0.6 is 0 Å². The van der Waals surface area contributed by atoms with Crippen LogP contribution in [0.3, 0.4) is 0 Å². The monoisotopic (exact) mass is 216 g/mol. The minimum absolute atomic E-state index is 0.0795. The topological polar surface area (TPSA) is 26.3 Å². The van der Waals surface area contributed by atoms with Crippen molar-refractivity contribution in [1.29, 1.82) is 0 Å². The summed E-state index contributed by atoms with van der Waals surface area (Å²) in [6.45, 7) is 16.3. The molecule has 0 amide bonds. The zero-order valence-electron chi connectivity index (χ0n) is 10.8. The van der Waals surface area contributed by atoms with Crippen molar-refractivity contribution in [2.24, 2.45) is 5.41 Å². The molecule has 14 heavy (non-hydrogen) atoms. The van der Waals surface area contributed by atoms with Crippen molar-refractivity contribution in [3.63, 3.8) is 0 Å². The number of hydrogen-bond acceptors (Lipinski definition) is 2. The lowest BCUT2D eigenvalue weighted by molar-refractivity contribution is -0.144. The molecule has 0 spiro atoms. The average Bonchev–Trinajstić information content (AvgIpc) is 1.80. The molecule has 84 valence electrons. The van der Waals surface area contributed by atoms with Gasteiger partial charge in [0.05, 0.1) is 5.41 Å². The molecule has 0 radical (unpaired) electrons. The van der Waals surface area contributed by atoms with Crippen LogP contribution in [0.4, 0.5) is 0 Å². The van der Waals surface area contributed by atoms with Crippen LogP contribution in [0.15, 0.2) is 0 Å². The van der Waals surface area contributed by atoms with Gasteiger partial charge in [-0.05, 0) is 38.9 Å². The third-order valence-electron chi connectivity index (χ3n) is 2.77. The van der Waals surface area contributed by atoms with E-state index in [9.17, 15) is 4.79 Å². The van der Waals surface area contributed by atoms with E-state index >= 15 is 0 Å². The molecule has 0 saturated carbocycles. The van der Waals surface area contributed by atoms with E-state index in [1.54, 1.807) is 0 Å². The van der Waals surface area contributed by atoms with Crippen LogP contribution in [0.5, 0.6) is 0 Å². The Hall–Kier alpha value is -0.313. The molecule has 0 aromatic heterocycles. The van der Waals surface area contributed by atoms with Crippen LogP contribution in [0.25, 0.3) is 0 Å². The fourth-order valence-corrected chi connectivity index (χ4v) is 1.61. The predicted molar refractivity (Wildman–Crippen MR) is 62.7 cm³/mol. The molecule has 0 aliphatic rings. The number of carbonyl (C=O) groups is 1. The molecule has 0 unspecified atom stereocenters. The maximum Gasteiger partial charge on any atom is 0.297 e. The highest BCUT2D eigenvalue weighted by Crippen LogP contribution is 2.37. The molecule has 0 saturated heterocycles. The molecule has 0 aromatic carbocycles. The summed E-state index contributed by atoms with van der Waals surface area (Å²) in [5.74, 6) is -0.0795. The quantitative estimate of drug-likeness (QED) is 0.626. The molecule has 0 atom stereocenters. The van der Waals surface area contributed by atoms with E-state index in [4.69, 9.17) is 4.43 Å². The number of hydrogen-bond donors (Lipinski definition) is 0. The van der Waals surface area contributed by atoms with E-state index in [-0.39, 0.29) is 11.0 Å². The minimum atomic E-state index is -1.93. The Bertz CT molecular complexity index is 218. The van der Waals surface area contributed by atoms with E-state index in [0.717, 1.165) is 0 Å². The van der Waals surface area contributed by atoms with Gasteiger partial charge in [0.2, 0.25) is 0 Å². The lowest BCUT2D eigenvalue weighted by Gasteiger charge is -2.37. The summed E-state index contributed by atoms with van der Waals surface area (Å²) in [5, 5.41) is 0.0912. The van der Waals surface area contributed by atoms with Crippen molar-refractivity contribution in [3.05, 3.63) is 0 Å². The van der Waals surface area contributed by atoms with Gasteiger partial charge in [0.25, 0.3) is 14.3 Å². The highest BCUT2D eigenvalue weighted by atomic mass is 28.4. The standard InChI is InChI=1S/C11H24O2Si/c1-10(2,3)9(12)13-14(7,8)11(4,5)6/h1-8H3. The summed E-state index contributed by atoms with van der Waals surface area (Å²) in [7, 11) is -1.93. The largest absolute Gasteiger partial charge is 0.519 e. The van der Waals surface area contributed by atoms with Crippen molar-refractivity contribution in [2.45, 2.75) is 59.7 Å². The summed E-state index contributed by atoms with van der Waals surface area (Å²) >= 11 is 0. The van der Waals surface area contributed by atoms with Crippen molar-refractivity contribution in [3.8, 4) is 0 Å². The van der Waals surface area contributed by atoms with Crippen LogP contribution in [0, 0.1) is 5.41 Å². The summed E-state index contributed by atoms with van der Waals surface area (Å²) in [5.41, 5.74) is -0.393. The fraction of sp³-hybridized carbons (Fsp3) is 0.909. The third kappa shape index (κ3) is 3.44. The van der Waals surface area contributed by atoms with Crippen molar-refractivity contribution >= 4 is 14.3 Å². The SMILES string of the molecule is CC(C)(C)C(=O)O[Si](C)(C)C(C)(C)C. The maximum atomic E-state index is 11.7. The molecule has 0 aromatic rings. The van der Waals surface area contributed by atoms with Crippen molar-refractivity contribution in [2.75, 3.05) is 0 Å². The highest BCUT2D eigenvalue weighted by Gasteiger charge is 2.42. The Kier molecular flexibility index (Phi) is 3.60. The van der Waals surface area contributed by atoms with Crippen LogP contribution in [0.1, 0.15) is 41.5 Å². The van der Waals surface area contributed by atoms with Gasteiger partial charge in [-0.1, -0.05) is 20.8 Å². The van der Waals surface area contributed by atoms with E-state index in [1.807, 2.05) is 20.8 Å². The van der Waals surface area contributed by atoms with Crippen molar-refractivity contribution < 1.29 is 9.22 Å². The summed E-state index contributed by atoms with van der Waals surface area (Å²) in [6, 6.07) is 0. The maximum absolute atomic E-state index is 11.7. The smallest absolute Gasteiger partial charge is 0.297 e. The zero-order valence-corrected chi connectivity index (χ0v) is 11.8. The molecule has 0 heterocycles. The molecule has 3 heteroatoms. The van der Waals surface area contributed by atoms with Crippen LogP contribution < -0.4 is 0 Å². The normalized spacial score (nSPS) is 14.0. The first-order chi connectivity index (χ1) is 5.88. The van der Waals surface area contributed by atoms with E-state index < -0.39 is 13.7 Å². The molecule has 0 rings (SSSR count). The Balaban J connectivity index is 4.62. The Morgan fingerprint density at radius 3 is 1.57 bits per heavy atom. The van der Waals surface area contributed by atoms with E-state index in [2.05, 4.69) is 33.9 Å². The molecule has 0 aliphatic carbocycles. The van der Waals surface area contributed by atoms with Gasteiger partial charge in [-0.3, -0.25) is 4.79 Å². The minimum Gasteiger partial charge on any atom is -0.519 e. The Labute approximate surface area is 89.2 Å². The Morgan fingerprint density at radius 1 is 1.00 bits per heavy atom. The molecular weight excluding hydrogens is 192 g/mol. The summed E-state index contributed by atoms with van der Waals surface area (Å²) < 4.78 is 5.67. The second kappa shape index (κ2) is 3.68. The molecular formula is C11H24O2Si. The van der Waals surface area contributed by atoms with Crippen LogP contribution in [0.2, 0.25) is 18.1 Å². The third-order valence-corrected chi connectivity index (χ3v) is 7.07. The average molecular weight is 216 g/mol. The van der Waals surface area contributed by atoms with Gasteiger partial charge >= 0.3 is 0 Å². The van der Waals surface area contributed by atoms with Crippen LogP contribution in [-0.4, -0.2) is 14.3 Å². The second-order valence-electron chi connectivity index (χ2n) is 6.40.